The largest absolute Gasteiger partial charge is 0.350 e. The molecule has 6 nitrogen and oxygen atoms in total. The molecule has 3 aromatic rings. The van der Waals surface area contributed by atoms with Crippen LogP contribution in [-0.2, 0) is 16.1 Å². The highest BCUT2D eigenvalue weighted by atomic mass is 16.2. The lowest BCUT2D eigenvalue weighted by molar-refractivity contribution is -0.141. The molecule has 1 atom stereocenters. The van der Waals surface area contributed by atoms with Crippen LogP contribution in [0.3, 0.4) is 0 Å². The standard InChI is InChI=1S/C29H33N3O3/c1-6-23(27(34)30-29(3,4)5)31(17-20-15-13-19(2)14-16-20)25(33)18-32-24-12-8-10-21-9-7-11-22(26(21)24)28(32)35/h7-16,23H,6,17-18H2,1-5H3,(H,30,34)/t23-/m0/s1. The fraction of sp³-hybridized carbons (Fsp3) is 0.345. The molecular formula is C29H33N3O3. The van der Waals surface area contributed by atoms with Crippen LogP contribution in [-0.4, -0.2) is 40.7 Å². The number of nitrogens with zero attached hydrogens (tertiary/aromatic N) is 2. The fourth-order valence-electron chi connectivity index (χ4n) is 4.62. The summed E-state index contributed by atoms with van der Waals surface area (Å²) in [5.41, 5.74) is 2.97. The van der Waals surface area contributed by atoms with Crippen LogP contribution in [0.1, 0.15) is 55.6 Å². The molecule has 0 fully saturated rings. The molecule has 4 rings (SSSR count). The van der Waals surface area contributed by atoms with Crippen molar-refractivity contribution < 1.29 is 14.4 Å². The minimum atomic E-state index is -0.654. The minimum Gasteiger partial charge on any atom is -0.350 e. The second-order valence-corrected chi connectivity index (χ2v) is 10.2. The number of amides is 3. The molecule has 1 heterocycles. The van der Waals surface area contributed by atoms with Crippen molar-refractivity contribution in [1.29, 1.82) is 0 Å². The molecule has 35 heavy (non-hydrogen) atoms. The summed E-state index contributed by atoms with van der Waals surface area (Å²) in [6.45, 7) is 9.83. The third-order valence-corrected chi connectivity index (χ3v) is 6.30. The Morgan fingerprint density at radius 1 is 1.00 bits per heavy atom. The zero-order valence-corrected chi connectivity index (χ0v) is 21.1. The Morgan fingerprint density at radius 3 is 2.29 bits per heavy atom. The lowest BCUT2D eigenvalue weighted by Crippen LogP contribution is -2.55. The maximum absolute atomic E-state index is 13.8. The van der Waals surface area contributed by atoms with Crippen LogP contribution < -0.4 is 10.2 Å². The SMILES string of the molecule is CC[C@@H](C(=O)NC(C)(C)C)N(Cc1ccc(C)cc1)C(=O)CN1C(=O)c2cccc3cccc1c23. The van der Waals surface area contributed by atoms with Crippen molar-refractivity contribution in [1.82, 2.24) is 10.2 Å². The highest BCUT2D eigenvalue weighted by Gasteiger charge is 2.35. The Kier molecular flexibility index (Phi) is 6.66. The van der Waals surface area contributed by atoms with Crippen molar-refractivity contribution in [2.75, 3.05) is 11.4 Å². The van der Waals surface area contributed by atoms with Gasteiger partial charge >= 0.3 is 0 Å². The molecule has 1 aliphatic rings. The molecule has 0 saturated heterocycles. The van der Waals surface area contributed by atoms with Crippen molar-refractivity contribution in [3.05, 3.63) is 77.4 Å². The molecule has 0 bridgehead atoms. The van der Waals surface area contributed by atoms with E-state index in [2.05, 4.69) is 5.32 Å². The first kappa shape index (κ1) is 24.5. The van der Waals surface area contributed by atoms with Crippen molar-refractivity contribution >= 4 is 34.2 Å². The summed E-state index contributed by atoms with van der Waals surface area (Å²) in [6, 6.07) is 18.6. The second kappa shape index (κ2) is 9.53. The fourth-order valence-corrected chi connectivity index (χ4v) is 4.62. The topological polar surface area (TPSA) is 69.7 Å². The van der Waals surface area contributed by atoms with Gasteiger partial charge in [0, 0.05) is 23.0 Å². The van der Waals surface area contributed by atoms with Gasteiger partial charge in [0.2, 0.25) is 11.8 Å². The number of anilines is 1. The first-order valence-corrected chi connectivity index (χ1v) is 12.1. The van der Waals surface area contributed by atoms with Gasteiger partial charge in [0.1, 0.15) is 12.6 Å². The number of carbonyl (C=O) groups excluding carboxylic acids is 3. The summed E-state index contributed by atoms with van der Waals surface area (Å²) < 4.78 is 0. The van der Waals surface area contributed by atoms with Crippen LogP contribution in [0.5, 0.6) is 0 Å². The van der Waals surface area contributed by atoms with Crippen molar-refractivity contribution in [2.45, 2.75) is 59.2 Å². The van der Waals surface area contributed by atoms with Gasteiger partial charge in [-0.05, 0) is 57.2 Å². The third-order valence-electron chi connectivity index (χ3n) is 6.30. The number of hydrogen-bond donors (Lipinski definition) is 1. The van der Waals surface area contributed by atoms with Crippen LogP contribution in [0.25, 0.3) is 10.8 Å². The van der Waals surface area contributed by atoms with E-state index in [9.17, 15) is 14.4 Å². The molecule has 0 aromatic heterocycles. The Bertz CT molecular complexity index is 1270. The number of carbonyl (C=O) groups is 3. The number of rotatable bonds is 7. The summed E-state index contributed by atoms with van der Waals surface area (Å²) >= 11 is 0. The van der Waals surface area contributed by atoms with E-state index in [1.165, 1.54) is 4.90 Å². The van der Waals surface area contributed by atoms with Crippen molar-refractivity contribution in [3.8, 4) is 0 Å². The van der Waals surface area contributed by atoms with Gasteiger partial charge in [0.25, 0.3) is 5.91 Å². The van der Waals surface area contributed by atoms with E-state index in [1.54, 1.807) is 11.0 Å². The van der Waals surface area contributed by atoms with Gasteiger partial charge in [0.05, 0.1) is 5.69 Å². The van der Waals surface area contributed by atoms with E-state index in [1.807, 2.05) is 89.2 Å². The predicted octanol–water partition coefficient (Wildman–Crippen LogP) is 4.83. The zero-order valence-electron chi connectivity index (χ0n) is 21.1. The van der Waals surface area contributed by atoms with Gasteiger partial charge in [-0.3, -0.25) is 19.3 Å². The van der Waals surface area contributed by atoms with E-state index in [0.717, 1.165) is 27.6 Å². The zero-order chi connectivity index (χ0) is 25.3. The molecule has 0 aliphatic carbocycles. The second-order valence-electron chi connectivity index (χ2n) is 10.2. The maximum atomic E-state index is 13.8. The molecule has 182 valence electrons. The van der Waals surface area contributed by atoms with Crippen LogP contribution >= 0.6 is 0 Å². The molecule has 3 aromatic carbocycles. The average molecular weight is 472 g/mol. The van der Waals surface area contributed by atoms with Gasteiger partial charge in [-0.2, -0.15) is 0 Å². The molecule has 0 spiro atoms. The van der Waals surface area contributed by atoms with Gasteiger partial charge in [-0.1, -0.05) is 61.0 Å². The van der Waals surface area contributed by atoms with Crippen LogP contribution in [0.4, 0.5) is 5.69 Å². The lowest BCUT2D eigenvalue weighted by Gasteiger charge is -2.34. The summed E-state index contributed by atoms with van der Waals surface area (Å²) in [5.74, 6) is -0.647. The minimum absolute atomic E-state index is 0.127. The third kappa shape index (κ3) is 5.06. The molecule has 0 radical (unpaired) electrons. The Balaban J connectivity index is 1.66. The molecule has 1 N–H and O–H groups in total. The van der Waals surface area contributed by atoms with Crippen molar-refractivity contribution in [3.63, 3.8) is 0 Å². The molecule has 6 heteroatoms. The molecule has 0 saturated carbocycles. The van der Waals surface area contributed by atoms with Gasteiger partial charge in [-0.25, -0.2) is 0 Å². The molecular weight excluding hydrogens is 438 g/mol. The van der Waals surface area contributed by atoms with E-state index >= 15 is 0 Å². The average Bonchev–Trinajstić information content (AvgIpc) is 3.07. The molecule has 3 amide bonds. The number of benzene rings is 3. The van der Waals surface area contributed by atoms with Crippen molar-refractivity contribution in [2.24, 2.45) is 0 Å². The van der Waals surface area contributed by atoms with Crippen LogP contribution in [0, 0.1) is 6.92 Å². The monoisotopic (exact) mass is 471 g/mol. The first-order valence-electron chi connectivity index (χ1n) is 12.1. The smallest absolute Gasteiger partial charge is 0.259 e. The summed E-state index contributed by atoms with van der Waals surface area (Å²) in [7, 11) is 0. The Labute approximate surface area is 206 Å². The number of aryl methyl sites for hydroxylation is 1. The Hall–Kier alpha value is -3.67. The van der Waals surface area contributed by atoms with E-state index in [0.29, 0.717) is 12.0 Å². The molecule has 1 aliphatic heterocycles. The van der Waals surface area contributed by atoms with Crippen LogP contribution in [0.2, 0.25) is 0 Å². The summed E-state index contributed by atoms with van der Waals surface area (Å²) in [6.07, 6.45) is 0.462. The van der Waals surface area contributed by atoms with E-state index < -0.39 is 11.6 Å². The summed E-state index contributed by atoms with van der Waals surface area (Å²) in [4.78, 5) is 43.5. The summed E-state index contributed by atoms with van der Waals surface area (Å²) in [5, 5.41) is 4.86. The van der Waals surface area contributed by atoms with Crippen LogP contribution in [0.15, 0.2) is 60.7 Å². The van der Waals surface area contributed by atoms with E-state index in [-0.39, 0.29) is 30.8 Å². The Morgan fingerprint density at radius 2 is 1.66 bits per heavy atom. The number of hydrogen-bond acceptors (Lipinski definition) is 3. The quantitative estimate of drug-likeness (QED) is 0.537. The van der Waals surface area contributed by atoms with Gasteiger partial charge < -0.3 is 10.2 Å². The molecule has 0 unspecified atom stereocenters. The van der Waals surface area contributed by atoms with Gasteiger partial charge in [-0.15, -0.1) is 0 Å². The van der Waals surface area contributed by atoms with E-state index in [4.69, 9.17) is 0 Å². The predicted molar refractivity (Wildman–Crippen MR) is 139 cm³/mol. The lowest BCUT2D eigenvalue weighted by atomic mass is 10.0. The number of nitrogens with one attached hydrogen (secondary N) is 1. The normalized spacial score (nSPS) is 13.7. The highest BCUT2D eigenvalue weighted by Crippen LogP contribution is 2.37. The van der Waals surface area contributed by atoms with Gasteiger partial charge in [0.15, 0.2) is 0 Å². The first-order chi connectivity index (χ1) is 16.6. The highest BCUT2D eigenvalue weighted by molar-refractivity contribution is 6.26. The maximum Gasteiger partial charge on any atom is 0.259 e.